The quantitative estimate of drug-likeness (QED) is 0.296. The molecular formula is C23H30N2O2S. The average Bonchev–Trinajstić information content (AvgIpc) is 2.96. The number of aryl methyl sites for hydroxylation is 1. The summed E-state index contributed by atoms with van der Waals surface area (Å²) in [7, 11) is 0. The molecule has 1 aromatic heterocycles. The Labute approximate surface area is 170 Å². The summed E-state index contributed by atoms with van der Waals surface area (Å²) in [4.78, 5) is 12.6. The van der Waals surface area contributed by atoms with E-state index in [-0.39, 0.29) is 10.3 Å². The summed E-state index contributed by atoms with van der Waals surface area (Å²) in [5.41, 5.74) is 2.97. The minimum Gasteiger partial charge on any atom is -0.411 e. The lowest BCUT2D eigenvalue weighted by Crippen LogP contribution is -2.50. The van der Waals surface area contributed by atoms with E-state index in [0.717, 1.165) is 65.1 Å². The van der Waals surface area contributed by atoms with E-state index in [1.165, 1.54) is 49.9 Å². The minimum atomic E-state index is 0.0474. The van der Waals surface area contributed by atoms with Crippen molar-refractivity contribution in [2.24, 2.45) is 28.3 Å². The molecule has 5 heteroatoms. The zero-order valence-electron chi connectivity index (χ0n) is 16.7. The molecule has 1 N–H and O–H groups in total. The summed E-state index contributed by atoms with van der Waals surface area (Å²) >= 11 is 1.33. The first-order chi connectivity index (χ1) is 13.6. The lowest BCUT2D eigenvalue weighted by molar-refractivity contribution is -0.0133. The van der Waals surface area contributed by atoms with Crippen LogP contribution in [-0.4, -0.2) is 15.5 Å². The zero-order chi connectivity index (χ0) is 19.3. The number of rotatable bonds is 6. The molecule has 1 aromatic carbocycles. The van der Waals surface area contributed by atoms with Crippen molar-refractivity contribution in [3.05, 3.63) is 33.4 Å². The number of fused-ring (bicyclic) bond motifs is 1. The number of hydrogen-bond donors (Lipinski definition) is 1. The van der Waals surface area contributed by atoms with E-state index in [0.29, 0.717) is 0 Å². The molecule has 4 aliphatic rings. The van der Waals surface area contributed by atoms with Gasteiger partial charge in [0.25, 0.3) is 0 Å². The summed E-state index contributed by atoms with van der Waals surface area (Å²) in [6.07, 6.45) is 11.0. The van der Waals surface area contributed by atoms with Crippen LogP contribution in [0.25, 0.3) is 10.2 Å². The summed E-state index contributed by atoms with van der Waals surface area (Å²) in [6, 6.07) is 6.25. The SMILES string of the molecule is CCCCCn1c(=O)sc2cc(/C(=N\O)C34CC5CC(CC(C5)C3)C4)ccc21. The van der Waals surface area contributed by atoms with Gasteiger partial charge in [0.05, 0.1) is 15.9 Å². The van der Waals surface area contributed by atoms with Crippen molar-refractivity contribution in [1.82, 2.24) is 4.57 Å². The largest absolute Gasteiger partial charge is 0.411 e. The van der Waals surface area contributed by atoms with Crippen molar-refractivity contribution in [3.8, 4) is 0 Å². The van der Waals surface area contributed by atoms with Gasteiger partial charge in [-0.1, -0.05) is 42.3 Å². The van der Waals surface area contributed by atoms with E-state index in [4.69, 9.17) is 0 Å². The van der Waals surface area contributed by atoms with Gasteiger partial charge in [-0.15, -0.1) is 0 Å². The first-order valence-electron chi connectivity index (χ1n) is 11.0. The van der Waals surface area contributed by atoms with E-state index in [1.807, 2.05) is 4.57 Å². The van der Waals surface area contributed by atoms with Gasteiger partial charge in [0.1, 0.15) is 0 Å². The van der Waals surface area contributed by atoms with Gasteiger partial charge < -0.3 is 5.21 Å². The number of oxime groups is 1. The molecule has 2 aromatic rings. The van der Waals surface area contributed by atoms with Crippen LogP contribution in [0.3, 0.4) is 0 Å². The van der Waals surface area contributed by atoms with E-state index < -0.39 is 0 Å². The van der Waals surface area contributed by atoms with E-state index in [2.05, 4.69) is 30.3 Å². The molecule has 0 saturated heterocycles. The molecule has 150 valence electrons. The first-order valence-corrected chi connectivity index (χ1v) is 11.8. The Bertz CT molecular complexity index is 935. The summed E-state index contributed by atoms with van der Waals surface area (Å²) < 4.78 is 2.93. The van der Waals surface area contributed by atoms with Gasteiger partial charge in [0.2, 0.25) is 0 Å². The Morgan fingerprint density at radius 1 is 1.18 bits per heavy atom. The molecule has 4 bridgehead atoms. The smallest absolute Gasteiger partial charge is 0.308 e. The fourth-order valence-electron chi connectivity index (χ4n) is 6.82. The number of unbranched alkanes of at least 4 members (excludes halogenated alkanes) is 2. The minimum absolute atomic E-state index is 0.0474. The van der Waals surface area contributed by atoms with E-state index in [1.54, 1.807) is 0 Å². The van der Waals surface area contributed by atoms with Crippen LogP contribution in [0.5, 0.6) is 0 Å². The third-order valence-electron chi connectivity index (χ3n) is 7.57. The molecule has 4 nitrogen and oxygen atoms in total. The van der Waals surface area contributed by atoms with Gasteiger partial charge in [-0.3, -0.25) is 9.36 Å². The topological polar surface area (TPSA) is 54.6 Å². The first kappa shape index (κ1) is 18.4. The zero-order valence-corrected chi connectivity index (χ0v) is 17.5. The number of thiazole rings is 1. The van der Waals surface area contributed by atoms with E-state index in [9.17, 15) is 10.0 Å². The van der Waals surface area contributed by atoms with E-state index >= 15 is 0 Å². The molecule has 0 aliphatic heterocycles. The lowest BCUT2D eigenvalue weighted by Gasteiger charge is -2.56. The maximum Gasteiger partial charge on any atom is 0.308 e. The Balaban J connectivity index is 1.49. The number of aromatic nitrogens is 1. The average molecular weight is 399 g/mol. The van der Waals surface area contributed by atoms with Crippen molar-refractivity contribution >= 4 is 27.3 Å². The Morgan fingerprint density at radius 2 is 1.86 bits per heavy atom. The van der Waals surface area contributed by atoms with Gasteiger partial charge in [-0.25, -0.2) is 0 Å². The van der Waals surface area contributed by atoms with Crippen molar-refractivity contribution in [2.75, 3.05) is 0 Å². The third kappa shape index (κ3) is 2.94. The maximum absolute atomic E-state index is 12.5. The third-order valence-corrected chi connectivity index (χ3v) is 8.51. The molecule has 4 aliphatic carbocycles. The summed E-state index contributed by atoms with van der Waals surface area (Å²) in [5.74, 6) is 2.42. The second kappa shape index (κ2) is 7.01. The lowest BCUT2D eigenvalue weighted by atomic mass is 9.48. The predicted octanol–water partition coefficient (Wildman–Crippen LogP) is 5.65. The second-order valence-electron chi connectivity index (χ2n) is 9.56. The molecule has 4 saturated carbocycles. The second-order valence-corrected chi connectivity index (χ2v) is 10.5. The summed E-state index contributed by atoms with van der Waals surface area (Å²) in [6.45, 7) is 2.98. The van der Waals surface area contributed by atoms with Crippen LogP contribution in [0.1, 0.15) is 70.3 Å². The monoisotopic (exact) mass is 398 g/mol. The molecule has 28 heavy (non-hydrogen) atoms. The Kier molecular flexibility index (Phi) is 4.61. The van der Waals surface area contributed by atoms with Crippen LogP contribution in [0.4, 0.5) is 0 Å². The van der Waals surface area contributed by atoms with Crippen LogP contribution >= 0.6 is 11.3 Å². The maximum atomic E-state index is 12.5. The van der Waals surface area contributed by atoms with Gasteiger partial charge >= 0.3 is 4.87 Å². The molecule has 0 atom stereocenters. The van der Waals surface area contributed by atoms with Crippen LogP contribution in [-0.2, 0) is 6.54 Å². The molecule has 6 rings (SSSR count). The van der Waals surface area contributed by atoms with Gasteiger partial charge in [0.15, 0.2) is 0 Å². The van der Waals surface area contributed by atoms with Crippen LogP contribution in [0.15, 0.2) is 28.1 Å². The molecule has 0 unspecified atom stereocenters. The van der Waals surface area contributed by atoms with Gasteiger partial charge in [-0.05, 0) is 74.8 Å². The molecule has 4 fully saturated rings. The molecular weight excluding hydrogens is 368 g/mol. The highest BCUT2D eigenvalue weighted by Gasteiger charge is 2.53. The number of nitrogens with zero attached hydrogens (tertiary/aromatic N) is 2. The molecule has 0 radical (unpaired) electrons. The standard InChI is InChI=1S/C23H30N2O2S/c1-2-3-4-7-25-19-6-5-18(11-20(19)28-22(25)26)21(24-27)23-12-15-8-16(13-23)10-17(9-15)14-23/h5-6,11,15-17,27H,2-4,7-10,12-14H2,1H3/b24-21+. The highest BCUT2D eigenvalue weighted by atomic mass is 32.1. The van der Waals surface area contributed by atoms with Crippen molar-refractivity contribution < 1.29 is 5.21 Å². The highest BCUT2D eigenvalue weighted by molar-refractivity contribution is 7.16. The predicted molar refractivity (Wildman–Crippen MR) is 115 cm³/mol. The fraction of sp³-hybridized carbons (Fsp3) is 0.652. The Hall–Kier alpha value is -1.62. The highest BCUT2D eigenvalue weighted by Crippen LogP contribution is 2.61. The Morgan fingerprint density at radius 3 is 2.46 bits per heavy atom. The van der Waals surface area contributed by atoms with Crippen LogP contribution < -0.4 is 4.87 Å². The molecule has 1 heterocycles. The number of benzene rings is 1. The van der Waals surface area contributed by atoms with Crippen molar-refractivity contribution in [3.63, 3.8) is 0 Å². The van der Waals surface area contributed by atoms with Gasteiger partial charge in [-0.2, -0.15) is 0 Å². The van der Waals surface area contributed by atoms with Crippen molar-refractivity contribution in [2.45, 2.75) is 71.3 Å². The normalized spacial score (nSPS) is 31.8. The molecule has 0 amide bonds. The van der Waals surface area contributed by atoms with Crippen LogP contribution in [0.2, 0.25) is 0 Å². The van der Waals surface area contributed by atoms with Crippen LogP contribution in [0, 0.1) is 23.2 Å². The number of hydrogen-bond acceptors (Lipinski definition) is 4. The fourth-order valence-corrected chi connectivity index (χ4v) is 7.77. The molecule has 0 spiro atoms. The summed E-state index contributed by atoms with van der Waals surface area (Å²) in [5, 5.41) is 13.9. The van der Waals surface area contributed by atoms with Crippen molar-refractivity contribution in [1.29, 1.82) is 0 Å². The van der Waals surface area contributed by atoms with Gasteiger partial charge in [0, 0.05) is 17.5 Å².